The van der Waals surface area contributed by atoms with Crippen LogP contribution >= 0.6 is 0 Å². The minimum Gasteiger partial charge on any atom is -0.477 e. The lowest BCUT2D eigenvalue weighted by Crippen LogP contribution is -2.03. The predicted molar refractivity (Wildman–Crippen MR) is 78.4 cm³/mol. The van der Waals surface area contributed by atoms with Gasteiger partial charge in [0.25, 0.3) is 0 Å². The van der Waals surface area contributed by atoms with Gasteiger partial charge in [0.1, 0.15) is 5.82 Å². The summed E-state index contributed by atoms with van der Waals surface area (Å²) in [5.74, 6) is -0.487. The van der Waals surface area contributed by atoms with Gasteiger partial charge in [0, 0.05) is 11.1 Å². The molecular formula is C16H12N2O2. The smallest absolute Gasteiger partial charge is 0.354 e. The number of rotatable bonds is 3. The predicted octanol–water partition coefficient (Wildman–Crippen LogP) is 3.68. The van der Waals surface area contributed by atoms with E-state index >= 15 is 0 Å². The van der Waals surface area contributed by atoms with E-state index in [1.165, 1.54) is 0 Å². The molecule has 4 heteroatoms. The van der Waals surface area contributed by atoms with Gasteiger partial charge < -0.3 is 10.4 Å². The standard InChI is InChI=1S/C16H12N2O2/c19-16(20)14-10-11-6-4-5-9-13(11)15(18-14)17-12-7-2-1-3-8-12/h1-10H,(H,17,18)(H,19,20). The fourth-order valence-corrected chi connectivity index (χ4v) is 2.06. The Morgan fingerprint density at radius 3 is 2.45 bits per heavy atom. The lowest BCUT2D eigenvalue weighted by atomic mass is 10.1. The van der Waals surface area contributed by atoms with Crippen LogP contribution in [0.4, 0.5) is 11.5 Å². The van der Waals surface area contributed by atoms with Crippen LogP contribution in [0.1, 0.15) is 10.5 Å². The molecule has 98 valence electrons. The number of fused-ring (bicyclic) bond motifs is 1. The van der Waals surface area contributed by atoms with Crippen LogP contribution in [0.15, 0.2) is 60.7 Å². The van der Waals surface area contributed by atoms with Crippen LogP contribution in [-0.2, 0) is 0 Å². The third-order valence-corrected chi connectivity index (χ3v) is 3.00. The molecule has 0 bridgehead atoms. The third kappa shape index (κ3) is 2.31. The molecule has 20 heavy (non-hydrogen) atoms. The van der Waals surface area contributed by atoms with E-state index < -0.39 is 5.97 Å². The highest BCUT2D eigenvalue weighted by Gasteiger charge is 2.10. The highest BCUT2D eigenvalue weighted by molar-refractivity contribution is 5.98. The van der Waals surface area contributed by atoms with Crippen LogP contribution in [-0.4, -0.2) is 16.1 Å². The summed E-state index contributed by atoms with van der Waals surface area (Å²) in [6.07, 6.45) is 0. The van der Waals surface area contributed by atoms with Crippen molar-refractivity contribution in [1.29, 1.82) is 0 Å². The molecule has 0 unspecified atom stereocenters. The molecule has 0 aliphatic carbocycles. The summed E-state index contributed by atoms with van der Waals surface area (Å²) in [5.41, 5.74) is 0.898. The molecule has 2 aromatic carbocycles. The van der Waals surface area contributed by atoms with E-state index in [0.29, 0.717) is 5.82 Å². The Bertz CT molecular complexity index is 770. The number of pyridine rings is 1. The Morgan fingerprint density at radius 1 is 1.00 bits per heavy atom. The molecule has 0 fully saturated rings. The van der Waals surface area contributed by atoms with E-state index in [4.69, 9.17) is 5.11 Å². The molecule has 0 atom stereocenters. The van der Waals surface area contributed by atoms with Gasteiger partial charge in [-0.2, -0.15) is 0 Å². The van der Waals surface area contributed by atoms with Crippen molar-refractivity contribution >= 4 is 28.2 Å². The van der Waals surface area contributed by atoms with Crippen molar-refractivity contribution in [3.63, 3.8) is 0 Å². The molecule has 0 amide bonds. The molecule has 0 spiro atoms. The number of carboxylic acid groups (broad SMARTS) is 1. The van der Waals surface area contributed by atoms with Gasteiger partial charge in [-0.05, 0) is 23.6 Å². The van der Waals surface area contributed by atoms with E-state index in [9.17, 15) is 4.79 Å². The highest BCUT2D eigenvalue weighted by Crippen LogP contribution is 2.25. The molecule has 4 nitrogen and oxygen atoms in total. The van der Waals surface area contributed by atoms with Crippen LogP contribution in [0.3, 0.4) is 0 Å². The van der Waals surface area contributed by atoms with Gasteiger partial charge in [-0.15, -0.1) is 0 Å². The van der Waals surface area contributed by atoms with Gasteiger partial charge in [-0.1, -0.05) is 42.5 Å². The number of hydrogen-bond donors (Lipinski definition) is 2. The van der Waals surface area contributed by atoms with Crippen molar-refractivity contribution < 1.29 is 9.90 Å². The van der Waals surface area contributed by atoms with Crippen LogP contribution in [0, 0.1) is 0 Å². The quantitative estimate of drug-likeness (QED) is 0.757. The molecule has 0 saturated carbocycles. The van der Waals surface area contributed by atoms with Gasteiger partial charge in [-0.25, -0.2) is 9.78 Å². The van der Waals surface area contributed by atoms with E-state index in [-0.39, 0.29) is 5.69 Å². The molecule has 2 N–H and O–H groups in total. The maximum Gasteiger partial charge on any atom is 0.354 e. The molecule has 1 aromatic heterocycles. The molecule has 3 aromatic rings. The Hall–Kier alpha value is -2.88. The Balaban J connectivity index is 2.15. The fourth-order valence-electron chi connectivity index (χ4n) is 2.06. The number of nitrogens with zero attached hydrogens (tertiary/aromatic N) is 1. The van der Waals surface area contributed by atoms with Crippen molar-refractivity contribution in [2.75, 3.05) is 5.32 Å². The van der Waals surface area contributed by atoms with Crippen molar-refractivity contribution in [1.82, 2.24) is 4.98 Å². The van der Waals surface area contributed by atoms with E-state index in [1.807, 2.05) is 54.6 Å². The average molecular weight is 264 g/mol. The third-order valence-electron chi connectivity index (χ3n) is 3.00. The second-order valence-corrected chi connectivity index (χ2v) is 4.37. The van der Waals surface area contributed by atoms with Gasteiger partial charge in [-0.3, -0.25) is 0 Å². The summed E-state index contributed by atoms with van der Waals surface area (Å²) >= 11 is 0. The zero-order valence-electron chi connectivity index (χ0n) is 10.6. The molecule has 3 rings (SSSR count). The summed E-state index contributed by atoms with van der Waals surface area (Å²) in [4.78, 5) is 15.3. The Labute approximate surface area is 115 Å². The number of aromatic nitrogens is 1. The Kier molecular flexibility index (Phi) is 3.05. The van der Waals surface area contributed by atoms with Gasteiger partial charge in [0.05, 0.1) is 0 Å². The topological polar surface area (TPSA) is 62.2 Å². The first-order valence-electron chi connectivity index (χ1n) is 6.19. The largest absolute Gasteiger partial charge is 0.477 e. The summed E-state index contributed by atoms with van der Waals surface area (Å²) in [7, 11) is 0. The molecule has 0 aliphatic rings. The molecule has 0 aliphatic heterocycles. The Morgan fingerprint density at radius 2 is 1.70 bits per heavy atom. The zero-order chi connectivity index (χ0) is 13.9. The molecular weight excluding hydrogens is 252 g/mol. The fraction of sp³-hybridized carbons (Fsp3) is 0. The highest BCUT2D eigenvalue weighted by atomic mass is 16.4. The molecule has 0 radical (unpaired) electrons. The summed E-state index contributed by atoms with van der Waals surface area (Å²) < 4.78 is 0. The normalized spacial score (nSPS) is 10.4. The van der Waals surface area contributed by atoms with Gasteiger partial charge in [0.2, 0.25) is 0 Å². The summed E-state index contributed by atoms with van der Waals surface area (Å²) in [6, 6.07) is 18.7. The number of carbonyl (C=O) groups is 1. The second-order valence-electron chi connectivity index (χ2n) is 4.37. The maximum atomic E-state index is 11.2. The summed E-state index contributed by atoms with van der Waals surface area (Å²) in [6.45, 7) is 0. The number of carboxylic acids is 1. The first kappa shape index (κ1) is 12.2. The van der Waals surface area contributed by atoms with Crippen LogP contribution < -0.4 is 5.32 Å². The maximum absolute atomic E-state index is 11.2. The van der Waals surface area contributed by atoms with E-state index in [2.05, 4.69) is 10.3 Å². The number of hydrogen-bond acceptors (Lipinski definition) is 3. The number of anilines is 2. The monoisotopic (exact) mass is 264 g/mol. The number of benzene rings is 2. The number of nitrogens with one attached hydrogen (secondary N) is 1. The summed E-state index contributed by atoms with van der Waals surface area (Å²) in [5, 5.41) is 14.0. The lowest BCUT2D eigenvalue weighted by Gasteiger charge is -2.10. The lowest BCUT2D eigenvalue weighted by molar-refractivity contribution is 0.0691. The molecule has 1 heterocycles. The van der Waals surface area contributed by atoms with Crippen molar-refractivity contribution in [2.45, 2.75) is 0 Å². The van der Waals surface area contributed by atoms with Crippen LogP contribution in [0.2, 0.25) is 0 Å². The first-order valence-corrected chi connectivity index (χ1v) is 6.19. The molecule has 0 saturated heterocycles. The first-order chi connectivity index (χ1) is 9.74. The van der Waals surface area contributed by atoms with Crippen LogP contribution in [0.5, 0.6) is 0 Å². The minimum absolute atomic E-state index is 0.0298. The van der Waals surface area contributed by atoms with Crippen molar-refractivity contribution in [2.24, 2.45) is 0 Å². The zero-order valence-corrected chi connectivity index (χ0v) is 10.6. The van der Waals surface area contributed by atoms with E-state index in [0.717, 1.165) is 16.5 Å². The van der Waals surface area contributed by atoms with Crippen molar-refractivity contribution in [3.05, 3.63) is 66.4 Å². The minimum atomic E-state index is -1.04. The second kappa shape index (κ2) is 5.01. The SMILES string of the molecule is O=C(O)c1cc2ccccc2c(Nc2ccccc2)n1. The van der Waals surface area contributed by atoms with E-state index in [1.54, 1.807) is 6.07 Å². The number of aromatic carboxylic acids is 1. The van der Waals surface area contributed by atoms with Gasteiger partial charge in [0.15, 0.2) is 5.69 Å². The van der Waals surface area contributed by atoms with Crippen molar-refractivity contribution in [3.8, 4) is 0 Å². The number of para-hydroxylation sites is 1. The van der Waals surface area contributed by atoms with Gasteiger partial charge >= 0.3 is 5.97 Å². The average Bonchev–Trinajstić information content (AvgIpc) is 2.48. The van der Waals surface area contributed by atoms with Crippen LogP contribution in [0.25, 0.3) is 10.8 Å².